The largest absolute Gasteiger partial charge is 0.120 e. The van der Waals surface area contributed by atoms with Crippen LogP contribution >= 0.6 is 11.6 Å². The Morgan fingerprint density at radius 3 is 1.97 bits per heavy atom. The van der Waals surface area contributed by atoms with Crippen molar-refractivity contribution in [3.05, 3.63) is 119 Å². The maximum atomic E-state index is 5.54. The summed E-state index contributed by atoms with van der Waals surface area (Å²) >= 11 is 5.54. The van der Waals surface area contributed by atoms with Gasteiger partial charge in [-0.2, -0.15) is 0 Å². The molecule has 2 aliphatic rings. The van der Waals surface area contributed by atoms with E-state index in [9.17, 15) is 0 Å². The van der Waals surface area contributed by atoms with Gasteiger partial charge in [0.1, 0.15) is 0 Å². The minimum absolute atomic E-state index is 0. The zero-order valence-electron chi connectivity index (χ0n) is 19.8. The van der Waals surface area contributed by atoms with E-state index in [1.165, 1.54) is 35.1 Å². The van der Waals surface area contributed by atoms with E-state index >= 15 is 0 Å². The molecule has 170 valence electrons. The van der Waals surface area contributed by atoms with Crippen molar-refractivity contribution in [2.45, 2.75) is 44.9 Å². The van der Waals surface area contributed by atoms with Crippen molar-refractivity contribution in [2.75, 3.05) is 0 Å². The van der Waals surface area contributed by atoms with Crippen molar-refractivity contribution < 1.29 is 26.2 Å². The molecule has 0 nitrogen and oxygen atoms in total. The molecule has 34 heavy (non-hydrogen) atoms. The van der Waals surface area contributed by atoms with E-state index in [1.807, 2.05) is 30.3 Å². The van der Waals surface area contributed by atoms with Gasteiger partial charge < -0.3 is 0 Å². The van der Waals surface area contributed by atoms with Crippen LogP contribution < -0.4 is 0 Å². The fraction of sp³-hybridized carbons (Fsp3) is 0.250. The Morgan fingerprint density at radius 2 is 1.47 bits per heavy atom. The number of terminal acetylenes is 1. The van der Waals surface area contributed by atoms with E-state index in [4.69, 9.17) is 18.0 Å². The van der Waals surface area contributed by atoms with E-state index in [-0.39, 0.29) is 31.6 Å². The molecule has 3 aromatic carbocycles. The molecule has 0 saturated carbocycles. The number of halogens is 1. The van der Waals surface area contributed by atoms with Gasteiger partial charge in [-0.15, -0.1) is 12.3 Å². The van der Waals surface area contributed by atoms with Gasteiger partial charge in [0.25, 0.3) is 0 Å². The molecular weight excluding hydrogens is 511 g/mol. The Kier molecular flexibility index (Phi) is 9.77. The molecule has 0 saturated heterocycles. The second kappa shape index (κ2) is 12.5. The summed E-state index contributed by atoms with van der Waals surface area (Å²) in [7, 11) is 0. The van der Waals surface area contributed by atoms with Crippen LogP contribution in [0.5, 0.6) is 0 Å². The normalized spacial score (nSPS) is 15.0. The Morgan fingerprint density at radius 1 is 0.882 bits per heavy atom. The van der Waals surface area contributed by atoms with Crippen molar-refractivity contribution in [1.29, 1.82) is 0 Å². The van der Waals surface area contributed by atoms with Gasteiger partial charge in [-0.05, 0) is 59.1 Å². The van der Waals surface area contributed by atoms with E-state index < -0.39 is 0 Å². The summed E-state index contributed by atoms with van der Waals surface area (Å²) in [5, 5.41) is 0.794. The fourth-order valence-corrected chi connectivity index (χ4v) is 5.48. The Hall–Kier alpha value is -2.13. The number of hydrogen-bond acceptors (Lipinski definition) is 0. The molecule has 0 bridgehead atoms. The van der Waals surface area contributed by atoms with E-state index in [2.05, 4.69) is 79.6 Å². The maximum Gasteiger partial charge on any atom is 0.0405 e. The number of unbranched alkanes of at least 4 members (excludes halogenated alkanes) is 2. The van der Waals surface area contributed by atoms with Gasteiger partial charge in [-0.3, -0.25) is 0 Å². The number of fused-ring (bicyclic) bond motifs is 3. The zero-order valence-corrected chi connectivity index (χ0v) is 23.0. The Labute approximate surface area is 229 Å². The van der Waals surface area contributed by atoms with Crippen LogP contribution in [0.25, 0.3) is 11.1 Å². The van der Waals surface area contributed by atoms with Crippen LogP contribution in [-0.4, -0.2) is 0 Å². The molecule has 0 amide bonds. The molecule has 1 atom stereocenters. The zero-order chi connectivity index (χ0) is 23.1. The van der Waals surface area contributed by atoms with E-state index in [0.717, 1.165) is 24.3 Å². The molecule has 5 rings (SSSR count). The van der Waals surface area contributed by atoms with E-state index in [1.54, 1.807) is 5.57 Å². The van der Waals surface area contributed by atoms with Gasteiger partial charge in [0.2, 0.25) is 0 Å². The molecule has 0 fully saturated rings. The standard InChI is InChI=1S/C26H26.C6H5Cl.Zr/c1-3-4-5-12-19-26(2,20-13-6-7-14-20)25-23-17-10-8-15-21(23)22-16-9-11-18-24(22)25;7-6-4-2-1-3-5-6;/h1,6-11,13,15-18,25H,4-5,12,14,19H2,2H3;1-5H;. The first-order valence-electron chi connectivity index (χ1n) is 11.8. The predicted octanol–water partition coefficient (Wildman–Crippen LogP) is 9.22. The number of benzene rings is 3. The summed E-state index contributed by atoms with van der Waals surface area (Å²) in [6.45, 7) is 2.48. The molecule has 0 N–H and O–H groups in total. The van der Waals surface area contributed by atoms with Crippen LogP contribution in [0.3, 0.4) is 0 Å². The Balaban J connectivity index is 0.000000350. The maximum absolute atomic E-state index is 5.54. The fourth-order valence-electron chi connectivity index (χ4n) is 5.34. The summed E-state index contributed by atoms with van der Waals surface area (Å²) in [6, 6.07) is 27.4. The smallest absolute Gasteiger partial charge is 0.0405 e. The summed E-state index contributed by atoms with van der Waals surface area (Å²) in [5.74, 6) is 3.22. The van der Waals surface area contributed by atoms with Gasteiger partial charge in [0, 0.05) is 43.6 Å². The first-order chi connectivity index (χ1) is 16.1. The molecule has 2 aliphatic carbocycles. The van der Waals surface area contributed by atoms with Crippen LogP contribution in [0.2, 0.25) is 5.02 Å². The van der Waals surface area contributed by atoms with Crippen molar-refractivity contribution >= 4 is 11.6 Å². The summed E-state index contributed by atoms with van der Waals surface area (Å²) < 4.78 is 0. The topological polar surface area (TPSA) is 0 Å². The second-order valence-corrected chi connectivity index (χ2v) is 9.49. The molecule has 0 aliphatic heterocycles. The summed E-state index contributed by atoms with van der Waals surface area (Å²) in [4.78, 5) is 0. The number of hydrogen-bond donors (Lipinski definition) is 0. The van der Waals surface area contributed by atoms with Crippen LogP contribution in [0.1, 0.15) is 56.1 Å². The minimum atomic E-state index is 0. The molecule has 1 unspecified atom stereocenters. The first kappa shape index (κ1) is 26.5. The van der Waals surface area contributed by atoms with Gasteiger partial charge in [-0.1, -0.05) is 115 Å². The van der Waals surface area contributed by atoms with Crippen molar-refractivity contribution in [1.82, 2.24) is 0 Å². The van der Waals surface area contributed by atoms with Gasteiger partial charge in [0.15, 0.2) is 0 Å². The predicted molar refractivity (Wildman–Crippen MR) is 142 cm³/mol. The quantitative estimate of drug-likeness (QED) is 0.215. The van der Waals surface area contributed by atoms with Crippen LogP contribution in [0.4, 0.5) is 0 Å². The Bertz CT molecular complexity index is 1140. The number of rotatable bonds is 6. The van der Waals surface area contributed by atoms with Crippen molar-refractivity contribution in [2.24, 2.45) is 5.41 Å². The van der Waals surface area contributed by atoms with Crippen molar-refractivity contribution in [3.63, 3.8) is 0 Å². The van der Waals surface area contributed by atoms with Gasteiger partial charge in [0.05, 0.1) is 0 Å². The average molecular weight is 542 g/mol. The summed E-state index contributed by atoms with van der Waals surface area (Å²) in [5.41, 5.74) is 7.49. The van der Waals surface area contributed by atoms with E-state index in [0.29, 0.717) is 5.92 Å². The second-order valence-electron chi connectivity index (χ2n) is 9.06. The third-order valence-electron chi connectivity index (χ3n) is 6.98. The van der Waals surface area contributed by atoms with Gasteiger partial charge in [-0.25, -0.2) is 0 Å². The third-order valence-corrected chi connectivity index (χ3v) is 7.23. The minimum Gasteiger partial charge on any atom is -0.120 e. The molecule has 0 spiro atoms. The van der Waals surface area contributed by atoms with Crippen LogP contribution in [-0.2, 0) is 26.2 Å². The molecule has 0 radical (unpaired) electrons. The van der Waals surface area contributed by atoms with Crippen LogP contribution in [0.15, 0.2) is 103 Å². The molecule has 2 heteroatoms. The SMILES string of the molecule is C#CCCCCC(C)(C1=CC=CC1)C1c2ccccc2-c2ccccc21.Clc1ccccc1.[Zr]. The number of allylic oxidation sites excluding steroid dienone is 4. The molecule has 0 heterocycles. The molecule has 3 aromatic rings. The van der Waals surface area contributed by atoms with Crippen molar-refractivity contribution in [3.8, 4) is 23.5 Å². The third kappa shape index (κ3) is 5.74. The first-order valence-corrected chi connectivity index (χ1v) is 12.2. The molecule has 0 aromatic heterocycles. The van der Waals surface area contributed by atoms with Gasteiger partial charge >= 0.3 is 0 Å². The average Bonchev–Trinajstić information content (AvgIpc) is 3.50. The summed E-state index contributed by atoms with van der Waals surface area (Å²) in [6.07, 6.45) is 17.8. The monoisotopic (exact) mass is 540 g/mol. The van der Waals surface area contributed by atoms with Crippen LogP contribution in [0, 0.1) is 17.8 Å². The molecular formula is C32H31ClZr.